The quantitative estimate of drug-likeness (QED) is 0.829. The minimum absolute atomic E-state index is 0.469. The predicted octanol–water partition coefficient (Wildman–Crippen LogP) is 3.63. The molecule has 0 saturated carbocycles. The molecule has 2 N–H and O–H groups in total. The molecule has 0 aromatic heterocycles. The van der Waals surface area contributed by atoms with Crippen molar-refractivity contribution < 1.29 is 9.53 Å². The van der Waals surface area contributed by atoms with Crippen molar-refractivity contribution in [1.82, 2.24) is 10.9 Å². The maximum absolute atomic E-state index is 11.4. The van der Waals surface area contributed by atoms with Gasteiger partial charge in [-0.2, -0.15) is 0 Å². The van der Waals surface area contributed by atoms with Crippen LogP contribution in [-0.2, 0) is 11.3 Å². The lowest BCUT2D eigenvalue weighted by Crippen LogP contribution is -2.40. The van der Waals surface area contributed by atoms with Gasteiger partial charge < -0.3 is 4.74 Å². The number of carbonyl (C=O) groups is 1. The molecule has 0 spiro atoms. The average Bonchev–Trinajstić information content (AvgIpc) is 2.18. The maximum atomic E-state index is 11.4. The fourth-order valence-electron chi connectivity index (χ4n) is 1.18. The molecule has 0 fully saturated rings. The van der Waals surface area contributed by atoms with Gasteiger partial charge in [0.25, 0.3) is 0 Å². The molecule has 1 amide bonds. The molecule has 0 aliphatic rings. The van der Waals surface area contributed by atoms with Gasteiger partial charge in [-0.15, -0.1) is 0 Å². The number of benzene rings is 1. The summed E-state index contributed by atoms with van der Waals surface area (Å²) in [7, 11) is 0. The number of ether oxygens (including phenoxy) is 1. The summed E-state index contributed by atoms with van der Waals surface area (Å²) in [4.78, 5) is 11.4. The van der Waals surface area contributed by atoms with E-state index in [1.807, 2.05) is 26.8 Å². The van der Waals surface area contributed by atoms with Gasteiger partial charge in [0, 0.05) is 16.0 Å². The van der Waals surface area contributed by atoms with Crippen LogP contribution in [0.25, 0.3) is 0 Å². The average molecular weight is 336 g/mol. The monoisotopic (exact) mass is 334 g/mol. The normalized spacial score (nSPS) is 11.2. The van der Waals surface area contributed by atoms with Gasteiger partial charge in [0.15, 0.2) is 0 Å². The Morgan fingerprint density at radius 3 is 2.67 bits per heavy atom. The summed E-state index contributed by atoms with van der Waals surface area (Å²) >= 11 is 9.23. The molecule has 6 heteroatoms. The van der Waals surface area contributed by atoms with Crippen LogP contribution in [-0.4, -0.2) is 11.7 Å². The van der Waals surface area contributed by atoms with Gasteiger partial charge in [0.05, 0.1) is 0 Å². The largest absolute Gasteiger partial charge is 0.443 e. The maximum Gasteiger partial charge on any atom is 0.422 e. The summed E-state index contributed by atoms with van der Waals surface area (Å²) < 4.78 is 5.96. The van der Waals surface area contributed by atoms with Crippen molar-refractivity contribution in [1.29, 1.82) is 0 Å². The lowest BCUT2D eigenvalue weighted by atomic mass is 10.2. The zero-order chi connectivity index (χ0) is 13.8. The van der Waals surface area contributed by atoms with Crippen LogP contribution in [0.2, 0.25) is 5.02 Å². The Balaban J connectivity index is 2.40. The molecule has 0 bridgehead atoms. The van der Waals surface area contributed by atoms with Gasteiger partial charge in [0.2, 0.25) is 0 Å². The number of rotatable bonds is 3. The van der Waals surface area contributed by atoms with Crippen molar-refractivity contribution in [2.45, 2.75) is 32.9 Å². The summed E-state index contributed by atoms with van der Waals surface area (Å²) in [6.45, 7) is 5.89. The van der Waals surface area contributed by atoms with Crippen molar-refractivity contribution in [3.63, 3.8) is 0 Å². The first-order valence-corrected chi connectivity index (χ1v) is 6.61. The Morgan fingerprint density at radius 2 is 2.11 bits per heavy atom. The van der Waals surface area contributed by atoms with Crippen molar-refractivity contribution in [3.05, 3.63) is 33.3 Å². The molecule has 0 aliphatic carbocycles. The number of carbonyl (C=O) groups excluding carboxylic acids is 1. The van der Waals surface area contributed by atoms with Crippen molar-refractivity contribution in [2.75, 3.05) is 0 Å². The Hall–Kier alpha value is -0.780. The second-order valence-corrected chi connectivity index (χ2v) is 6.01. The van der Waals surface area contributed by atoms with E-state index in [4.69, 9.17) is 16.3 Å². The molecule has 4 nitrogen and oxygen atoms in total. The Labute approximate surface area is 120 Å². The minimum atomic E-state index is -0.507. The molecule has 0 aliphatic heterocycles. The lowest BCUT2D eigenvalue weighted by molar-refractivity contribution is 0.0497. The molecule has 0 radical (unpaired) electrons. The molecule has 0 unspecified atom stereocenters. The fraction of sp³-hybridized carbons (Fsp3) is 0.417. The number of nitrogens with one attached hydrogen (secondary N) is 2. The molecule has 0 heterocycles. The van der Waals surface area contributed by atoms with Crippen LogP contribution in [0.3, 0.4) is 0 Å². The summed E-state index contributed by atoms with van der Waals surface area (Å²) in [6, 6.07) is 5.46. The van der Waals surface area contributed by atoms with E-state index in [0.717, 1.165) is 10.0 Å². The molecule has 1 aromatic rings. The van der Waals surface area contributed by atoms with Crippen LogP contribution in [0.5, 0.6) is 0 Å². The highest BCUT2D eigenvalue weighted by Gasteiger charge is 2.15. The van der Waals surface area contributed by atoms with Crippen LogP contribution in [0, 0.1) is 0 Å². The Kier molecular flexibility index (Phi) is 5.44. The van der Waals surface area contributed by atoms with Crippen molar-refractivity contribution in [2.24, 2.45) is 0 Å². The van der Waals surface area contributed by atoms with Crippen LogP contribution >= 0.6 is 27.5 Å². The van der Waals surface area contributed by atoms with Gasteiger partial charge in [-0.05, 0) is 38.5 Å². The minimum Gasteiger partial charge on any atom is -0.443 e. The van der Waals surface area contributed by atoms with Crippen LogP contribution < -0.4 is 10.9 Å². The summed E-state index contributed by atoms with van der Waals surface area (Å²) in [5.41, 5.74) is 5.73. The topological polar surface area (TPSA) is 50.4 Å². The van der Waals surface area contributed by atoms with Gasteiger partial charge in [-0.1, -0.05) is 33.6 Å². The second-order valence-electron chi connectivity index (χ2n) is 4.72. The first-order valence-electron chi connectivity index (χ1n) is 5.44. The van der Waals surface area contributed by atoms with Gasteiger partial charge >= 0.3 is 6.09 Å². The van der Waals surface area contributed by atoms with Gasteiger partial charge in [-0.25, -0.2) is 10.2 Å². The van der Waals surface area contributed by atoms with Crippen molar-refractivity contribution in [3.8, 4) is 0 Å². The van der Waals surface area contributed by atoms with E-state index in [2.05, 4.69) is 26.8 Å². The number of amides is 1. The van der Waals surface area contributed by atoms with Gasteiger partial charge in [0.1, 0.15) is 5.60 Å². The summed E-state index contributed by atoms with van der Waals surface area (Å²) in [5.74, 6) is 0. The van der Waals surface area contributed by atoms with E-state index in [1.54, 1.807) is 12.1 Å². The standard InChI is InChI=1S/C12H16BrClN2O2/c1-12(2,3)18-11(17)16-15-7-8-4-5-9(14)6-10(8)13/h4-6,15H,7H2,1-3H3,(H,16,17). The van der Waals surface area contributed by atoms with E-state index in [9.17, 15) is 4.79 Å². The molecular formula is C12H16BrClN2O2. The molecule has 18 heavy (non-hydrogen) atoms. The number of halogens is 2. The van der Waals surface area contributed by atoms with E-state index in [0.29, 0.717) is 11.6 Å². The molecule has 0 atom stereocenters. The molecule has 1 aromatic carbocycles. The van der Waals surface area contributed by atoms with Crippen LogP contribution in [0.4, 0.5) is 4.79 Å². The fourth-order valence-corrected chi connectivity index (χ4v) is 2.00. The summed E-state index contributed by atoms with van der Waals surface area (Å²) in [5, 5.41) is 0.658. The zero-order valence-electron chi connectivity index (χ0n) is 10.5. The Bertz CT molecular complexity index is 433. The second kappa shape index (κ2) is 6.41. The zero-order valence-corrected chi connectivity index (χ0v) is 12.9. The first kappa shape index (κ1) is 15.3. The van der Waals surface area contributed by atoms with E-state index < -0.39 is 11.7 Å². The number of hydrazine groups is 1. The highest BCUT2D eigenvalue weighted by atomic mass is 79.9. The van der Waals surface area contributed by atoms with E-state index in [-0.39, 0.29) is 0 Å². The molecule has 100 valence electrons. The van der Waals surface area contributed by atoms with E-state index >= 15 is 0 Å². The van der Waals surface area contributed by atoms with Crippen LogP contribution in [0.1, 0.15) is 26.3 Å². The smallest absolute Gasteiger partial charge is 0.422 e. The Morgan fingerprint density at radius 1 is 1.44 bits per heavy atom. The molecule has 1 rings (SSSR count). The summed E-state index contributed by atoms with van der Waals surface area (Å²) in [6.07, 6.45) is -0.507. The highest BCUT2D eigenvalue weighted by Crippen LogP contribution is 2.21. The predicted molar refractivity (Wildman–Crippen MR) is 75.4 cm³/mol. The third-order valence-electron chi connectivity index (χ3n) is 1.88. The number of hydrogen-bond donors (Lipinski definition) is 2. The van der Waals surface area contributed by atoms with Crippen LogP contribution in [0.15, 0.2) is 22.7 Å². The molecule has 0 saturated heterocycles. The highest BCUT2D eigenvalue weighted by molar-refractivity contribution is 9.10. The van der Waals surface area contributed by atoms with E-state index in [1.165, 1.54) is 0 Å². The third kappa shape index (κ3) is 5.71. The lowest BCUT2D eigenvalue weighted by Gasteiger charge is -2.19. The third-order valence-corrected chi connectivity index (χ3v) is 2.86. The van der Waals surface area contributed by atoms with Crippen molar-refractivity contribution >= 4 is 33.6 Å². The molecular weight excluding hydrogens is 320 g/mol. The SMILES string of the molecule is CC(C)(C)OC(=O)NNCc1ccc(Cl)cc1Br. The first-order chi connectivity index (χ1) is 8.28. The van der Waals surface area contributed by atoms with Gasteiger partial charge in [-0.3, -0.25) is 5.43 Å². The number of hydrogen-bond acceptors (Lipinski definition) is 3.